The number of hydrogen-bond donors (Lipinski definition) is 1. The number of nitrogens with zero attached hydrogens (tertiary/aromatic N) is 3. The molecular weight excluding hydrogens is 340 g/mol. The Labute approximate surface area is 148 Å². The summed E-state index contributed by atoms with van der Waals surface area (Å²) in [5.41, 5.74) is 1.83. The normalized spacial score (nSPS) is 19.2. The van der Waals surface area contributed by atoms with Crippen LogP contribution in [0.3, 0.4) is 0 Å². The van der Waals surface area contributed by atoms with Crippen molar-refractivity contribution in [1.82, 2.24) is 13.9 Å². The number of aromatic nitrogens is 2. The lowest BCUT2D eigenvalue weighted by Crippen LogP contribution is -2.43. The van der Waals surface area contributed by atoms with Crippen molar-refractivity contribution in [2.45, 2.75) is 32.7 Å². The van der Waals surface area contributed by atoms with Gasteiger partial charge in [-0.1, -0.05) is 19.1 Å². The molecule has 0 spiro atoms. The molecule has 1 aromatic carbocycles. The third-order valence-corrected chi connectivity index (χ3v) is 5.83. The first kappa shape index (κ1) is 17.9. The molecule has 1 fully saturated rings. The fourth-order valence-electron chi connectivity index (χ4n) is 3.29. The van der Waals surface area contributed by atoms with Crippen LogP contribution in [0.2, 0.25) is 0 Å². The number of carbonyl (C=O) groups excluding carboxylic acids is 1. The minimum atomic E-state index is -3.27. The number of carbonyl (C=O) groups is 1. The maximum atomic E-state index is 12.7. The zero-order chi connectivity index (χ0) is 18.0. The van der Waals surface area contributed by atoms with Crippen LogP contribution >= 0.6 is 0 Å². The predicted octanol–water partition coefficient (Wildman–Crippen LogP) is 2.06. The Kier molecular flexibility index (Phi) is 5.10. The highest BCUT2D eigenvalue weighted by molar-refractivity contribution is 7.88. The Hall–Kier alpha value is -1.93. The first-order valence-corrected chi connectivity index (χ1v) is 10.5. The van der Waals surface area contributed by atoms with Gasteiger partial charge >= 0.3 is 0 Å². The Morgan fingerprint density at radius 2 is 2.12 bits per heavy atom. The SMILES string of the molecule is CCCn1c(NC(=O)C2CCCN(S(C)(=O)=O)C2)nc2ccccc21. The van der Waals surface area contributed by atoms with Crippen LogP contribution in [-0.4, -0.2) is 47.5 Å². The van der Waals surface area contributed by atoms with Gasteiger partial charge in [0.05, 0.1) is 23.2 Å². The smallest absolute Gasteiger partial charge is 0.231 e. The number of aryl methyl sites for hydroxylation is 1. The fraction of sp³-hybridized carbons (Fsp3) is 0.529. The van der Waals surface area contributed by atoms with Gasteiger partial charge in [-0.15, -0.1) is 0 Å². The zero-order valence-electron chi connectivity index (χ0n) is 14.6. The Bertz CT molecular complexity index is 875. The highest BCUT2D eigenvalue weighted by atomic mass is 32.2. The summed E-state index contributed by atoms with van der Waals surface area (Å²) in [4.78, 5) is 17.2. The van der Waals surface area contributed by atoms with Gasteiger partial charge in [0.1, 0.15) is 0 Å². The molecule has 25 heavy (non-hydrogen) atoms. The van der Waals surface area contributed by atoms with Crippen molar-refractivity contribution < 1.29 is 13.2 Å². The minimum absolute atomic E-state index is 0.166. The molecule has 136 valence electrons. The molecule has 1 saturated heterocycles. The number of imidazole rings is 1. The predicted molar refractivity (Wildman–Crippen MR) is 97.8 cm³/mol. The van der Waals surface area contributed by atoms with Crippen molar-refractivity contribution in [1.29, 1.82) is 0 Å². The van der Waals surface area contributed by atoms with Gasteiger partial charge < -0.3 is 4.57 Å². The molecule has 1 unspecified atom stereocenters. The number of para-hydroxylation sites is 2. The number of anilines is 1. The number of piperidine rings is 1. The summed E-state index contributed by atoms with van der Waals surface area (Å²) >= 11 is 0. The lowest BCUT2D eigenvalue weighted by atomic mass is 9.99. The lowest BCUT2D eigenvalue weighted by molar-refractivity contribution is -0.120. The first-order chi connectivity index (χ1) is 11.9. The number of nitrogens with one attached hydrogen (secondary N) is 1. The first-order valence-electron chi connectivity index (χ1n) is 8.61. The number of benzene rings is 1. The van der Waals surface area contributed by atoms with E-state index < -0.39 is 10.0 Å². The zero-order valence-corrected chi connectivity index (χ0v) is 15.4. The average Bonchev–Trinajstić information content (AvgIpc) is 2.92. The van der Waals surface area contributed by atoms with E-state index in [1.807, 2.05) is 28.8 Å². The number of amides is 1. The van der Waals surface area contributed by atoms with Crippen LogP contribution in [0.5, 0.6) is 0 Å². The summed E-state index contributed by atoms with van der Waals surface area (Å²) in [6.45, 7) is 3.55. The molecule has 1 N–H and O–H groups in total. The van der Waals surface area contributed by atoms with E-state index in [9.17, 15) is 13.2 Å². The van der Waals surface area contributed by atoms with Gasteiger partial charge in [-0.25, -0.2) is 17.7 Å². The summed E-state index contributed by atoms with van der Waals surface area (Å²) in [5.74, 6) is 0.0175. The average molecular weight is 364 g/mol. The molecule has 1 amide bonds. The van der Waals surface area contributed by atoms with Crippen LogP contribution < -0.4 is 5.32 Å². The fourth-order valence-corrected chi connectivity index (χ4v) is 4.20. The van der Waals surface area contributed by atoms with Gasteiger partial charge in [-0.3, -0.25) is 10.1 Å². The van der Waals surface area contributed by atoms with Crippen LogP contribution in [0, 0.1) is 5.92 Å². The molecule has 1 aliphatic rings. The topological polar surface area (TPSA) is 84.3 Å². The summed E-state index contributed by atoms with van der Waals surface area (Å²) < 4.78 is 26.9. The van der Waals surface area contributed by atoms with Gasteiger partial charge in [-0.05, 0) is 31.4 Å². The third-order valence-electron chi connectivity index (χ3n) is 4.56. The molecule has 0 saturated carbocycles. The number of sulfonamides is 1. The van der Waals surface area contributed by atoms with E-state index in [4.69, 9.17) is 0 Å². The van der Waals surface area contributed by atoms with Gasteiger partial charge in [-0.2, -0.15) is 0 Å². The van der Waals surface area contributed by atoms with Crippen LogP contribution in [0.1, 0.15) is 26.2 Å². The van der Waals surface area contributed by atoms with Crippen LogP contribution in [0.25, 0.3) is 11.0 Å². The maximum absolute atomic E-state index is 12.7. The molecule has 1 atom stereocenters. The number of rotatable bonds is 5. The Morgan fingerprint density at radius 1 is 1.36 bits per heavy atom. The van der Waals surface area contributed by atoms with Crippen molar-refractivity contribution in [3.63, 3.8) is 0 Å². The van der Waals surface area contributed by atoms with E-state index in [-0.39, 0.29) is 18.4 Å². The molecule has 8 heteroatoms. The van der Waals surface area contributed by atoms with Gasteiger partial charge in [0.25, 0.3) is 0 Å². The molecule has 1 aliphatic heterocycles. The summed E-state index contributed by atoms with van der Waals surface area (Å²) in [6, 6.07) is 7.78. The molecular formula is C17H24N4O3S. The molecule has 0 radical (unpaired) electrons. The Morgan fingerprint density at radius 3 is 2.84 bits per heavy atom. The van der Waals surface area contributed by atoms with Crippen LogP contribution in [0.4, 0.5) is 5.95 Å². The van der Waals surface area contributed by atoms with Crippen LogP contribution in [0.15, 0.2) is 24.3 Å². The molecule has 0 aliphatic carbocycles. The Balaban J connectivity index is 1.81. The second kappa shape index (κ2) is 7.13. The van der Waals surface area contributed by atoms with E-state index >= 15 is 0 Å². The van der Waals surface area contributed by atoms with Crippen LogP contribution in [-0.2, 0) is 21.4 Å². The standard InChI is InChI=1S/C17H24N4O3S/c1-3-10-21-15-9-5-4-8-14(15)18-17(21)19-16(22)13-7-6-11-20(12-13)25(2,23)24/h4-5,8-9,13H,3,6-7,10-12H2,1-2H3,(H,18,19,22). The van der Waals surface area contributed by atoms with Crippen molar-refractivity contribution in [2.75, 3.05) is 24.7 Å². The molecule has 2 heterocycles. The van der Waals surface area contributed by atoms with E-state index in [1.165, 1.54) is 10.6 Å². The minimum Gasteiger partial charge on any atom is -0.310 e. The second-order valence-corrected chi connectivity index (χ2v) is 8.51. The summed E-state index contributed by atoms with van der Waals surface area (Å²) in [6.07, 6.45) is 3.49. The van der Waals surface area contributed by atoms with Gasteiger partial charge in [0.2, 0.25) is 21.9 Å². The molecule has 3 rings (SSSR count). The second-order valence-electron chi connectivity index (χ2n) is 6.53. The summed E-state index contributed by atoms with van der Waals surface area (Å²) in [7, 11) is -3.27. The van der Waals surface area contributed by atoms with Crippen molar-refractivity contribution in [3.05, 3.63) is 24.3 Å². The van der Waals surface area contributed by atoms with E-state index in [1.54, 1.807) is 0 Å². The van der Waals surface area contributed by atoms with Gasteiger partial charge in [0.15, 0.2) is 0 Å². The molecule has 2 aromatic rings. The van der Waals surface area contributed by atoms with Crippen molar-refractivity contribution in [2.24, 2.45) is 5.92 Å². The van der Waals surface area contributed by atoms with E-state index in [0.717, 1.165) is 24.0 Å². The number of hydrogen-bond acceptors (Lipinski definition) is 4. The van der Waals surface area contributed by atoms with Crippen molar-refractivity contribution >= 4 is 32.9 Å². The third kappa shape index (κ3) is 3.85. The molecule has 7 nitrogen and oxygen atoms in total. The van der Waals surface area contributed by atoms with Crippen molar-refractivity contribution in [3.8, 4) is 0 Å². The van der Waals surface area contributed by atoms with E-state index in [2.05, 4.69) is 17.2 Å². The quantitative estimate of drug-likeness (QED) is 0.880. The molecule has 0 bridgehead atoms. The highest BCUT2D eigenvalue weighted by Crippen LogP contribution is 2.23. The number of fused-ring (bicyclic) bond motifs is 1. The van der Waals surface area contributed by atoms with E-state index in [0.29, 0.717) is 25.3 Å². The monoisotopic (exact) mass is 364 g/mol. The highest BCUT2D eigenvalue weighted by Gasteiger charge is 2.30. The lowest BCUT2D eigenvalue weighted by Gasteiger charge is -2.30. The molecule has 1 aromatic heterocycles. The summed E-state index contributed by atoms with van der Waals surface area (Å²) in [5, 5.41) is 2.92. The largest absolute Gasteiger partial charge is 0.310 e. The maximum Gasteiger partial charge on any atom is 0.231 e. The van der Waals surface area contributed by atoms with Gasteiger partial charge in [0, 0.05) is 19.6 Å².